The van der Waals surface area contributed by atoms with E-state index in [-0.39, 0.29) is 70.3 Å². The Morgan fingerprint density at radius 2 is 2.00 bits per heavy atom. The molecule has 0 heterocycles. The van der Waals surface area contributed by atoms with E-state index in [1.165, 1.54) is 0 Å². The molecule has 5 heteroatoms. The molecule has 0 aromatic rings. The van der Waals surface area contributed by atoms with E-state index in [0.717, 1.165) is 0 Å². The first-order valence-electron chi connectivity index (χ1n) is 0.565. The van der Waals surface area contributed by atoms with Crippen molar-refractivity contribution in [3.8, 4) is 0 Å². The van der Waals surface area contributed by atoms with Crippen molar-refractivity contribution in [2.45, 2.75) is 0 Å². The Labute approximate surface area is 88.6 Å². The van der Waals surface area contributed by atoms with Crippen molar-refractivity contribution in [1.29, 1.82) is 0 Å². The van der Waals surface area contributed by atoms with E-state index < -0.39 is 5.09 Å². The van der Waals surface area contributed by atoms with Crippen molar-refractivity contribution in [2.24, 2.45) is 0 Å². The molecule has 26 valence electrons. The predicted octanol–water partition coefficient (Wildman–Crippen LogP) is -3.23. The van der Waals surface area contributed by atoms with Gasteiger partial charge in [-0.05, 0) is 0 Å². The smallest absolute Gasteiger partial charge is 1.00 e. The summed E-state index contributed by atoms with van der Waals surface area (Å²) in [5.41, 5.74) is 0. The first kappa shape index (κ1) is 9.54. The quantitative estimate of drug-likeness (QED) is 0.328. The number of nitrogens with zero attached hydrogens (tertiary/aromatic N) is 1. The summed E-state index contributed by atoms with van der Waals surface area (Å²) < 4.78 is 0. The van der Waals surface area contributed by atoms with Crippen molar-refractivity contribution < 1.29 is 80.6 Å². The molecule has 0 aromatic carbocycles. The average Bonchev–Trinajstić information content (AvgIpc) is 0.811. The molecule has 0 aliphatic heterocycles. The molecule has 0 spiro atoms. The average molecular weight is 197 g/mol. The molecule has 0 atom stereocenters. The Hall–Kier alpha value is 1.25. The minimum absolute atomic E-state index is 0. The Bertz CT molecular complexity index is 33.8. The van der Waals surface area contributed by atoms with E-state index in [4.69, 9.17) is 15.3 Å². The van der Waals surface area contributed by atoms with Crippen LogP contribution in [-0.2, 0) is 0 Å². The molecule has 0 unspecified atom stereocenters. The van der Waals surface area contributed by atoms with Crippen LogP contribution in [0.2, 0.25) is 0 Å². The van der Waals surface area contributed by atoms with Crippen LogP contribution in [0.3, 0.4) is 0 Å². The van der Waals surface area contributed by atoms with Gasteiger partial charge in [0.05, 0.1) is 0 Å². The van der Waals surface area contributed by atoms with E-state index in [0.29, 0.717) is 0 Å². The second kappa shape index (κ2) is 5.25. The van der Waals surface area contributed by atoms with Crippen molar-refractivity contribution in [1.82, 2.24) is 0 Å². The largest absolute Gasteiger partial charge is 1.00 e. The zero-order chi connectivity index (χ0) is 3.58. The standard InChI is InChI=1S/Cs.HNO3.H/c;2-1(3)4;/h;(H,2,3,4);/q+1;;-1. The third kappa shape index (κ3) is 35.4. The van der Waals surface area contributed by atoms with Gasteiger partial charge in [0.25, 0.3) is 5.09 Å². The van der Waals surface area contributed by atoms with Crippen LogP contribution >= 0.6 is 0 Å². The molecule has 0 aromatic heterocycles. The molecule has 0 bridgehead atoms. The third-order valence-corrected chi connectivity index (χ3v) is 0. The molecule has 5 heavy (non-hydrogen) atoms. The zero-order valence-electron chi connectivity index (χ0n) is 3.71. The second-order valence-corrected chi connectivity index (χ2v) is 0.238. The predicted molar refractivity (Wildman–Crippen MR) is 9.89 cm³/mol. The maximum absolute atomic E-state index is 8.36. The second-order valence-electron chi connectivity index (χ2n) is 0.238. The summed E-state index contributed by atoms with van der Waals surface area (Å²) in [7, 11) is 0. The summed E-state index contributed by atoms with van der Waals surface area (Å²) in [5.74, 6) is 0. The van der Waals surface area contributed by atoms with Gasteiger partial charge in [-0.3, -0.25) is 0 Å². The summed E-state index contributed by atoms with van der Waals surface area (Å²) in [5, 5.41) is 13.6. The van der Waals surface area contributed by atoms with E-state index in [1.807, 2.05) is 0 Å². The summed E-state index contributed by atoms with van der Waals surface area (Å²) in [4.78, 5) is 8.36. The van der Waals surface area contributed by atoms with Gasteiger partial charge in [0.2, 0.25) is 0 Å². The van der Waals surface area contributed by atoms with Crippen LogP contribution in [-0.4, -0.2) is 10.3 Å². The van der Waals surface area contributed by atoms with Gasteiger partial charge in [-0.15, -0.1) is 10.1 Å². The summed E-state index contributed by atoms with van der Waals surface area (Å²) in [6, 6.07) is 0. The first-order valence-corrected chi connectivity index (χ1v) is 0.565. The van der Waals surface area contributed by atoms with Gasteiger partial charge < -0.3 is 6.63 Å². The molecule has 0 fully saturated rings. The van der Waals surface area contributed by atoms with Gasteiger partial charge in [-0.2, -0.15) is 0 Å². The van der Waals surface area contributed by atoms with Crippen LogP contribution in [0.5, 0.6) is 0 Å². The topological polar surface area (TPSA) is 63.4 Å². The molecule has 0 saturated carbocycles. The molecule has 0 saturated heterocycles. The van der Waals surface area contributed by atoms with Crippen LogP contribution in [0.25, 0.3) is 0 Å². The van der Waals surface area contributed by atoms with Gasteiger partial charge in [0.15, 0.2) is 0 Å². The fourth-order valence-corrected chi connectivity index (χ4v) is 0. The molecule has 0 amide bonds. The zero-order valence-corrected chi connectivity index (χ0v) is 8.99. The minimum Gasteiger partial charge on any atom is -1.00 e. The summed E-state index contributed by atoms with van der Waals surface area (Å²) >= 11 is 0. The molecular weight excluding hydrogens is 195 g/mol. The molecular formula is H2CsNO3. The Kier molecular flexibility index (Phi) is 10.0. The molecule has 0 aliphatic carbocycles. The summed E-state index contributed by atoms with van der Waals surface area (Å²) in [6.07, 6.45) is 0. The van der Waals surface area contributed by atoms with Crippen molar-refractivity contribution >= 4 is 0 Å². The van der Waals surface area contributed by atoms with E-state index >= 15 is 0 Å². The first-order chi connectivity index (χ1) is 1.73. The van der Waals surface area contributed by atoms with E-state index in [9.17, 15) is 0 Å². The van der Waals surface area contributed by atoms with Gasteiger partial charge in [-0.25, -0.2) is 0 Å². The maximum Gasteiger partial charge on any atom is 1.00 e. The monoisotopic (exact) mass is 197 g/mol. The normalized spacial score (nSPS) is 4.80. The maximum atomic E-state index is 8.36. The van der Waals surface area contributed by atoms with Crippen LogP contribution in [0.1, 0.15) is 1.43 Å². The Morgan fingerprint density at radius 3 is 2.00 bits per heavy atom. The van der Waals surface area contributed by atoms with Crippen LogP contribution in [0.4, 0.5) is 0 Å². The fraction of sp³-hybridized carbons (Fsp3) is 0. The van der Waals surface area contributed by atoms with Crippen molar-refractivity contribution in [3.63, 3.8) is 0 Å². The van der Waals surface area contributed by atoms with E-state index in [2.05, 4.69) is 0 Å². The fourth-order valence-electron chi connectivity index (χ4n) is 0. The third-order valence-electron chi connectivity index (χ3n) is 0. The van der Waals surface area contributed by atoms with Crippen molar-refractivity contribution in [3.05, 3.63) is 10.1 Å². The van der Waals surface area contributed by atoms with Gasteiger partial charge in [-0.1, -0.05) is 0 Å². The molecule has 0 rings (SSSR count). The number of rotatable bonds is 0. The summed E-state index contributed by atoms with van der Waals surface area (Å²) in [6.45, 7) is 0. The Morgan fingerprint density at radius 1 is 2.00 bits per heavy atom. The molecule has 1 N–H and O–H groups in total. The SMILES string of the molecule is O=[N+]([O-])O.[Cs+].[H-]. The van der Waals surface area contributed by atoms with Crippen LogP contribution in [0, 0.1) is 10.1 Å². The van der Waals surface area contributed by atoms with Gasteiger partial charge in [0, 0.05) is 0 Å². The number of hydrogen-bond donors (Lipinski definition) is 1. The molecule has 0 aliphatic rings. The minimum atomic E-state index is -1.50. The van der Waals surface area contributed by atoms with Gasteiger partial charge in [0.1, 0.15) is 0 Å². The number of hydrogen-bond acceptors (Lipinski definition) is 2. The molecule has 4 nitrogen and oxygen atoms in total. The molecule has 0 radical (unpaired) electrons. The van der Waals surface area contributed by atoms with Crippen LogP contribution < -0.4 is 68.9 Å². The Balaban J connectivity index is -0.0000000450. The van der Waals surface area contributed by atoms with Gasteiger partial charge >= 0.3 is 68.9 Å². The van der Waals surface area contributed by atoms with Crippen molar-refractivity contribution in [2.75, 3.05) is 0 Å². The van der Waals surface area contributed by atoms with E-state index in [1.54, 1.807) is 0 Å². The van der Waals surface area contributed by atoms with Crippen LogP contribution in [0.15, 0.2) is 0 Å².